The third-order valence-electron chi connectivity index (χ3n) is 5.28. The molecule has 0 heterocycles. The van der Waals surface area contributed by atoms with Crippen LogP contribution in [-0.4, -0.2) is 45.4 Å². The van der Waals surface area contributed by atoms with E-state index in [-0.39, 0.29) is 22.8 Å². The van der Waals surface area contributed by atoms with Gasteiger partial charge in [0.25, 0.3) is 5.69 Å². The van der Waals surface area contributed by atoms with Crippen molar-refractivity contribution < 1.29 is 13.3 Å². The molecule has 0 aliphatic carbocycles. The van der Waals surface area contributed by atoms with Crippen molar-refractivity contribution in [3.8, 4) is 0 Å². The second-order valence-electron chi connectivity index (χ2n) is 8.11. The Kier molecular flexibility index (Phi) is 9.09. The lowest BCUT2D eigenvalue weighted by Crippen LogP contribution is -2.27. The molecule has 0 saturated heterocycles. The zero-order valence-electron chi connectivity index (χ0n) is 19.2. The molecule has 186 valence electrons. The molecule has 0 fully saturated rings. The number of hydrogen-bond acceptors (Lipinski definition) is 6. The Morgan fingerprint density at radius 1 is 0.971 bits per heavy atom. The lowest BCUT2D eigenvalue weighted by atomic mass is 9.98. The molecular formula is C24H26Cl2N4O4S. The highest BCUT2D eigenvalue weighted by atomic mass is 35.5. The lowest BCUT2D eigenvalue weighted by molar-refractivity contribution is -0.384. The molecule has 0 unspecified atom stereocenters. The first-order valence-corrected chi connectivity index (χ1v) is 13.0. The van der Waals surface area contributed by atoms with E-state index in [9.17, 15) is 18.5 Å². The number of rotatable bonds is 11. The Bertz CT molecular complexity index is 1260. The Hall–Kier alpha value is -2.69. The zero-order chi connectivity index (χ0) is 25.6. The minimum Gasteiger partial charge on any atom is -0.368 e. The summed E-state index contributed by atoms with van der Waals surface area (Å²) in [5.41, 5.74) is 1.07. The molecule has 0 aliphatic heterocycles. The maximum absolute atomic E-state index is 12.7. The second-order valence-corrected chi connectivity index (χ2v) is 10.7. The summed E-state index contributed by atoms with van der Waals surface area (Å²) in [6, 6.07) is 17.3. The van der Waals surface area contributed by atoms with Gasteiger partial charge in [-0.3, -0.25) is 10.1 Å². The molecule has 0 radical (unpaired) electrons. The van der Waals surface area contributed by atoms with E-state index < -0.39 is 21.0 Å². The van der Waals surface area contributed by atoms with Gasteiger partial charge in [0.1, 0.15) is 5.69 Å². The van der Waals surface area contributed by atoms with Crippen molar-refractivity contribution in [1.82, 2.24) is 9.62 Å². The fraction of sp³-hybridized carbons (Fsp3) is 0.250. The maximum Gasteiger partial charge on any atom is 0.293 e. The summed E-state index contributed by atoms with van der Waals surface area (Å²) in [4.78, 5) is 13.0. The molecule has 0 saturated carbocycles. The van der Waals surface area contributed by atoms with Gasteiger partial charge in [0, 0.05) is 22.7 Å². The highest BCUT2D eigenvalue weighted by Gasteiger charge is 2.25. The van der Waals surface area contributed by atoms with E-state index in [1.807, 2.05) is 19.0 Å². The molecule has 0 amide bonds. The van der Waals surface area contributed by atoms with Crippen LogP contribution in [0.5, 0.6) is 0 Å². The molecule has 0 aliphatic rings. The number of sulfonamides is 1. The number of nitro benzene ring substituents is 1. The number of nitrogens with zero attached hydrogens (tertiary/aromatic N) is 2. The van der Waals surface area contributed by atoms with Gasteiger partial charge < -0.3 is 10.2 Å². The number of benzene rings is 3. The van der Waals surface area contributed by atoms with Gasteiger partial charge in [0.2, 0.25) is 10.0 Å². The molecule has 0 bridgehead atoms. The van der Waals surface area contributed by atoms with E-state index in [4.69, 9.17) is 23.2 Å². The highest BCUT2D eigenvalue weighted by molar-refractivity contribution is 7.89. The Morgan fingerprint density at radius 2 is 1.54 bits per heavy atom. The predicted molar refractivity (Wildman–Crippen MR) is 140 cm³/mol. The van der Waals surface area contributed by atoms with E-state index in [0.717, 1.165) is 6.07 Å². The summed E-state index contributed by atoms with van der Waals surface area (Å²) in [5, 5.41) is 16.0. The van der Waals surface area contributed by atoms with Crippen LogP contribution >= 0.6 is 23.2 Å². The Balaban J connectivity index is 1.98. The normalized spacial score (nSPS) is 11.7. The van der Waals surface area contributed by atoms with Crippen LogP contribution in [0.3, 0.4) is 0 Å². The first-order valence-electron chi connectivity index (χ1n) is 10.8. The molecule has 8 nitrogen and oxygen atoms in total. The highest BCUT2D eigenvalue weighted by Crippen LogP contribution is 2.37. The molecule has 3 aromatic carbocycles. The van der Waals surface area contributed by atoms with Gasteiger partial charge in [0.05, 0.1) is 15.9 Å². The van der Waals surface area contributed by atoms with E-state index >= 15 is 0 Å². The Morgan fingerprint density at radius 3 is 2.06 bits per heavy atom. The molecule has 0 aromatic heterocycles. The van der Waals surface area contributed by atoms with Crippen molar-refractivity contribution in [2.45, 2.75) is 17.4 Å². The van der Waals surface area contributed by atoms with Crippen molar-refractivity contribution in [2.24, 2.45) is 0 Å². The second kappa shape index (κ2) is 11.8. The van der Waals surface area contributed by atoms with Gasteiger partial charge >= 0.3 is 0 Å². The van der Waals surface area contributed by atoms with Gasteiger partial charge in [-0.2, -0.15) is 0 Å². The molecule has 35 heavy (non-hydrogen) atoms. The van der Waals surface area contributed by atoms with E-state index in [2.05, 4.69) is 10.0 Å². The van der Waals surface area contributed by atoms with Crippen molar-refractivity contribution in [3.63, 3.8) is 0 Å². The van der Waals surface area contributed by atoms with Crippen LogP contribution < -0.4 is 10.0 Å². The minimum atomic E-state index is -3.92. The van der Waals surface area contributed by atoms with Gasteiger partial charge in [-0.05, 0) is 62.5 Å². The van der Waals surface area contributed by atoms with Crippen LogP contribution in [0.15, 0.2) is 71.6 Å². The summed E-state index contributed by atoms with van der Waals surface area (Å²) >= 11 is 12.9. The zero-order valence-corrected chi connectivity index (χ0v) is 21.6. The van der Waals surface area contributed by atoms with E-state index in [0.29, 0.717) is 34.1 Å². The summed E-state index contributed by atoms with van der Waals surface area (Å²) < 4.78 is 27.9. The summed E-state index contributed by atoms with van der Waals surface area (Å²) in [7, 11) is -0.138. The largest absolute Gasteiger partial charge is 0.368 e. The minimum absolute atomic E-state index is 0.131. The first kappa shape index (κ1) is 26.9. The molecule has 0 spiro atoms. The molecular weight excluding hydrogens is 511 g/mol. The lowest BCUT2D eigenvalue weighted by Gasteiger charge is -2.23. The number of anilines is 1. The van der Waals surface area contributed by atoms with Crippen LogP contribution in [0.4, 0.5) is 11.4 Å². The Labute approximate surface area is 215 Å². The average molecular weight is 537 g/mol. The van der Waals surface area contributed by atoms with Crippen molar-refractivity contribution in [3.05, 3.63) is 98.0 Å². The summed E-state index contributed by atoms with van der Waals surface area (Å²) in [6.45, 7) is 0.923. The fourth-order valence-electron chi connectivity index (χ4n) is 3.53. The monoisotopic (exact) mass is 536 g/mol. The molecule has 0 atom stereocenters. The van der Waals surface area contributed by atoms with E-state index in [1.165, 1.54) is 12.1 Å². The van der Waals surface area contributed by atoms with Crippen LogP contribution in [-0.2, 0) is 10.0 Å². The van der Waals surface area contributed by atoms with Crippen LogP contribution in [0.1, 0.15) is 23.6 Å². The number of hydrogen-bond donors (Lipinski definition) is 2. The predicted octanol–water partition coefficient (Wildman–Crippen LogP) is 5.33. The van der Waals surface area contributed by atoms with Crippen LogP contribution in [0, 0.1) is 10.1 Å². The standard InChI is InChI=1S/C24H26Cl2N4O4S/c1-29(2)15-7-14-27-35(33,34)17-12-13-22(23(16-17)30(31)32)28-24(18-8-3-5-10-20(18)25)19-9-4-6-11-21(19)26/h3-6,8-13,16,24,27-28H,7,14-15H2,1-2H3. The summed E-state index contributed by atoms with van der Waals surface area (Å²) in [5.74, 6) is 0. The molecule has 2 N–H and O–H groups in total. The topological polar surface area (TPSA) is 105 Å². The SMILES string of the molecule is CN(C)CCCNS(=O)(=O)c1ccc(NC(c2ccccc2Cl)c2ccccc2Cl)c([N+](=O)[O-])c1. The number of nitrogens with one attached hydrogen (secondary N) is 2. The van der Waals surface area contributed by atoms with Crippen molar-refractivity contribution >= 4 is 44.6 Å². The van der Waals surface area contributed by atoms with Crippen LogP contribution in [0.2, 0.25) is 10.0 Å². The molecule has 3 aromatic rings. The van der Waals surface area contributed by atoms with Crippen molar-refractivity contribution in [2.75, 3.05) is 32.5 Å². The average Bonchev–Trinajstić information content (AvgIpc) is 2.81. The molecule has 3 rings (SSSR count). The van der Waals surface area contributed by atoms with Gasteiger partial charge in [-0.1, -0.05) is 59.6 Å². The number of nitro groups is 1. The van der Waals surface area contributed by atoms with E-state index in [1.54, 1.807) is 48.5 Å². The summed E-state index contributed by atoms with van der Waals surface area (Å²) in [6.07, 6.45) is 0.602. The molecule has 11 heteroatoms. The quantitative estimate of drug-likeness (QED) is 0.195. The third-order valence-corrected chi connectivity index (χ3v) is 7.43. The maximum atomic E-state index is 12.7. The number of halogens is 2. The van der Waals surface area contributed by atoms with Crippen molar-refractivity contribution in [1.29, 1.82) is 0 Å². The first-order chi connectivity index (χ1) is 16.6. The van der Waals surface area contributed by atoms with Gasteiger partial charge in [-0.15, -0.1) is 0 Å². The van der Waals surface area contributed by atoms with Gasteiger partial charge in [-0.25, -0.2) is 13.1 Å². The smallest absolute Gasteiger partial charge is 0.293 e. The van der Waals surface area contributed by atoms with Gasteiger partial charge in [0.15, 0.2) is 0 Å². The third kappa shape index (κ3) is 6.93. The fourth-order valence-corrected chi connectivity index (χ4v) is 5.12. The van der Waals surface area contributed by atoms with Crippen LogP contribution in [0.25, 0.3) is 0 Å².